The van der Waals surface area contributed by atoms with Crippen molar-refractivity contribution in [2.45, 2.75) is 24.1 Å². The van der Waals surface area contributed by atoms with Crippen molar-refractivity contribution in [1.82, 2.24) is 15.0 Å². The topological polar surface area (TPSA) is 41.9 Å². The first-order valence-corrected chi connectivity index (χ1v) is 8.16. The lowest BCUT2D eigenvalue weighted by Crippen LogP contribution is -2.34. The highest BCUT2D eigenvalue weighted by Gasteiger charge is 2.54. The third kappa shape index (κ3) is 2.05. The summed E-state index contributed by atoms with van der Waals surface area (Å²) in [5.41, 5.74) is -0.477. The smallest absolute Gasteiger partial charge is 0.271 e. The number of aromatic nitrogens is 3. The molecule has 0 bridgehead atoms. The van der Waals surface area contributed by atoms with E-state index in [2.05, 4.69) is 15.0 Å². The Morgan fingerprint density at radius 2 is 2.05 bits per heavy atom. The van der Waals surface area contributed by atoms with Gasteiger partial charge in [0.05, 0.1) is 6.54 Å². The van der Waals surface area contributed by atoms with Crippen molar-refractivity contribution in [3.8, 4) is 0 Å². The zero-order valence-electron chi connectivity index (χ0n) is 11.4. The van der Waals surface area contributed by atoms with Crippen molar-refractivity contribution in [1.29, 1.82) is 0 Å². The maximum Gasteiger partial charge on any atom is 0.271 e. The molecule has 0 amide bonds. The molecule has 108 valence electrons. The van der Waals surface area contributed by atoms with E-state index in [-0.39, 0.29) is 13.1 Å². The van der Waals surface area contributed by atoms with Crippen LogP contribution < -0.4 is 4.90 Å². The van der Waals surface area contributed by atoms with Gasteiger partial charge in [-0.1, -0.05) is 25.6 Å². The summed E-state index contributed by atoms with van der Waals surface area (Å²) in [7, 11) is 0. The molecule has 0 N–H and O–H groups in total. The molecule has 3 rings (SSSR count). The van der Waals surface area contributed by atoms with Crippen molar-refractivity contribution in [3.63, 3.8) is 0 Å². The molecule has 0 aliphatic carbocycles. The lowest BCUT2D eigenvalue weighted by Gasteiger charge is -2.23. The van der Waals surface area contributed by atoms with Gasteiger partial charge in [-0.15, -0.1) is 11.3 Å². The fourth-order valence-corrected chi connectivity index (χ4v) is 3.82. The Bertz CT molecular complexity index is 640. The minimum absolute atomic E-state index is 0.276. The lowest BCUT2D eigenvalue weighted by molar-refractivity contribution is -0.0642. The van der Waals surface area contributed by atoms with E-state index in [0.717, 1.165) is 9.04 Å². The molecule has 8 heteroatoms. The van der Waals surface area contributed by atoms with Crippen molar-refractivity contribution in [2.75, 3.05) is 24.2 Å². The van der Waals surface area contributed by atoms with Crippen LogP contribution in [0.2, 0.25) is 0 Å². The molecule has 4 nitrogen and oxygen atoms in total. The number of nitrogens with zero attached hydrogens (tertiary/aromatic N) is 4. The highest BCUT2D eigenvalue weighted by atomic mass is 32.2. The summed E-state index contributed by atoms with van der Waals surface area (Å²) < 4.78 is 29.7. The van der Waals surface area contributed by atoms with Gasteiger partial charge in [0.1, 0.15) is 11.0 Å². The molecule has 20 heavy (non-hydrogen) atoms. The Kier molecular flexibility index (Phi) is 3.13. The van der Waals surface area contributed by atoms with E-state index >= 15 is 0 Å². The van der Waals surface area contributed by atoms with Crippen molar-refractivity contribution < 1.29 is 8.78 Å². The highest BCUT2D eigenvalue weighted by molar-refractivity contribution is 8.00. The zero-order valence-corrected chi connectivity index (χ0v) is 13.0. The van der Waals surface area contributed by atoms with E-state index in [4.69, 9.17) is 0 Å². The largest absolute Gasteiger partial charge is 0.348 e. The number of thiazole rings is 1. The molecule has 0 atom stereocenters. The first kappa shape index (κ1) is 13.9. The molecule has 0 spiro atoms. The number of hydrogen-bond donors (Lipinski definition) is 0. The van der Waals surface area contributed by atoms with E-state index in [1.165, 1.54) is 29.4 Å². The second-order valence-corrected chi connectivity index (χ2v) is 7.53. The molecule has 2 aromatic heterocycles. The average molecular weight is 316 g/mol. The third-order valence-electron chi connectivity index (χ3n) is 3.59. The molecule has 0 aromatic carbocycles. The molecule has 0 unspecified atom stereocenters. The number of rotatable bonds is 2. The van der Waals surface area contributed by atoms with Gasteiger partial charge in [-0.3, -0.25) is 0 Å². The molecule has 3 heterocycles. The normalized spacial score (nSPS) is 20.8. The Hall–Kier alpha value is -1.02. The summed E-state index contributed by atoms with van der Waals surface area (Å²) in [6, 6.07) is 0. The second-order valence-electron chi connectivity index (χ2n) is 5.48. The summed E-state index contributed by atoms with van der Waals surface area (Å²) >= 11 is 2.97. The van der Waals surface area contributed by atoms with Gasteiger partial charge in [-0.25, -0.2) is 23.7 Å². The SMILES string of the molecule is CSc1nc2ncnc(N3CC(C)(C)C(F)(F)C3)c2s1. The van der Waals surface area contributed by atoms with Gasteiger partial charge in [0.2, 0.25) is 0 Å². The number of thioether (sulfide) groups is 1. The predicted molar refractivity (Wildman–Crippen MR) is 77.9 cm³/mol. The predicted octanol–water partition coefficient (Wildman–Crippen LogP) is 3.29. The minimum atomic E-state index is -2.72. The van der Waals surface area contributed by atoms with Crippen LogP contribution in [0.3, 0.4) is 0 Å². The molecule has 0 radical (unpaired) electrons. The maximum atomic E-state index is 14.0. The van der Waals surface area contributed by atoms with E-state index in [1.807, 2.05) is 6.26 Å². The van der Waals surface area contributed by atoms with Crippen molar-refractivity contribution in [3.05, 3.63) is 6.33 Å². The average Bonchev–Trinajstić information content (AvgIpc) is 2.87. The standard InChI is InChI=1S/C12H14F2N4S2/c1-11(2)4-18(5-12(11,13)14)9-7-8(15-6-16-9)17-10(19-3)20-7/h6H,4-5H2,1-3H3. The van der Waals surface area contributed by atoms with Gasteiger partial charge in [0.25, 0.3) is 5.92 Å². The molecular formula is C12H14F2N4S2. The molecule has 0 saturated carbocycles. The van der Waals surface area contributed by atoms with Crippen molar-refractivity contribution >= 4 is 39.3 Å². The van der Waals surface area contributed by atoms with Crippen molar-refractivity contribution in [2.24, 2.45) is 5.41 Å². The number of anilines is 1. The van der Waals surface area contributed by atoms with E-state index in [9.17, 15) is 8.78 Å². The first-order valence-electron chi connectivity index (χ1n) is 6.12. The third-order valence-corrected chi connectivity index (χ3v) is 5.62. The van der Waals surface area contributed by atoms with Gasteiger partial charge >= 0.3 is 0 Å². The van der Waals surface area contributed by atoms with Crippen LogP contribution >= 0.6 is 23.1 Å². The Morgan fingerprint density at radius 3 is 2.65 bits per heavy atom. The van der Waals surface area contributed by atoms with Crippen LogP contribution in [0.15, 0.2) is 10.7 Å². The van der Waals surface area contributed by atoms with Crippen LogP contribution in [0.1, 0.15) is 13.8 Å². The quantitative estimate of drug-likeness (QED) is 0.795. The summed E-state index contributed by atoms with van der Waals surface area (Å²) in [5, 5.41) is 0. The fraction of sp³-hybridized carbons (Fsp3) is 0.583. The van der Waals surface area contributed by atoms with E-state index < -0.39 is 11.3 Å². The van der Waals surface area contributed by atoms with Gasteiger partial charge in [-0.05, 0) is 6.26 Å². The summed E-state index contributed by atoms with van der Waals surface area (Å²) in [4.78, 5) is 14.3. The van der Waals surface area contributed by atoms with E-state index in [0.29, 0.717) is 11.5 Å². The number of fused-ring (bicyclic) bond motifs is 1. The number of halogens is 2. The van der Waals surface area contributed by atoms with Crippen LogP contribution in [0, 0.1) is 5.41 Å². The lowest BCUT2D eigenvalue weighted by atomic mass is 9.89. The number of hydrogen-bond acceptors (Lipinski definition) is 6. The Balaban J connectivity index is 2.05. The molecule has 1 saturated heterocycles. The Morgan fingerprint density at radius 1 is 1.30 bits per heavy atom. The van der Waals surface area contributed by atoms with Gasteiger partial charge < -0.3 is 4.90 Å². The van der Waals surface area contributed by atoms with Crippen LogP contribution in [0.4, 0.5) is 14.6 Å². The highest BCUT2D eigenvalue weighted by Crippen LogP contribution is 2.45. The second kappa shape index (κ2) is 4.49. The molecule has 2 aromatic rings. The number of alkyl halides is 2. The fourth-order valence-electron chi connectivity index (χ4n) is 2.29. The minimum Gasteiger partial charge on any atom is -0.348 e. The van der Waals surface area contributed by atoms with Crippen LogP contribution in [0.5, 0.6) is 0 Å². The molecular weight excluding hydrogens is 302 g/mol. The molecule has 1 fully saturated rings. The van der Waals surface area contributed by atoms with Gasteiger partial charge in [0.15, 0.2) is 15.8 Å². The molecule has 1 aliphatic heterocycles. The monoisotopic (exact) mass is 316 g/mol. The molecule has 1 aliphatic rings. The summed E-state index contributed by atoms with van der Waals surface area (Å²) in [5.74, 6) is -2.16. The first-order chi connectivity index (χ1) is 9.34. The van der Waals surface area contributed by atoms with Gasteiger partial charge in [0, 0.05) is 12.0 Å². The Labute approximate surface area is 123 Å². The van der Waals surface area contributed by atoms with Crippen LogP contribution in [-0.4, -0.2) is 40.2 Å². The van der Waals surface area contributed by atoms with Crippen LogP contribution in [-0.2, 0) is 0 Å². The maximum absolute atomic E-state index is 14.0. The van der Waals surface area contributed by atoms with Crippen LogP contribution in [0.25, 0.3) is 10.3 Å². The van der Waals surface area contributed by atoms with Gasteiger partial charge in [-0.2, -0.15) is 0 Å². The summed E-state index contributed by atoms with van der Waals surface area (Å²) in [6.07, 6.45) is 3.32. The zero-order chi connectivity index (χ0) is 14.5. The summed E-state index contributed by atoms with van der Waals surface area (Å²) in [6.45, 7) is 3.15. The van der Waals surface area contributed by atoms with E-state index in [1.54, 1.807) is 18.7 Å².